The van der Waals surface area contributed by atoms with E-state index in [1.165, 1.54) is 0 Å². The molecule has 0 aliphatic heterocycles. The first-order valence-electron chi connectivity index (χ1n) is 6.77. The van der Waals surface area contributed by atoms with E-state index in [4.69, 9.17) is 4.74 Å². The molecule has 110 valence electrons. The lowest BCUT2D eigenvalue weighted by Crippen LogP contribution is -2.31. The summed E-state index contributed by atoms with van der Waals surface area (Å²) in [5.74, 6) is 0.900. The Hall–Kier alpha value is -1.63. The van der Waals surface area contributed by atoms with Crippen LogP contribution in [0.4, 0.5) is 5.82 Å². The molecule has 0 saturated heterocycles. The van der Waals surface area contributed by atoms with Crippen molar-refractivity contribution in [2.75, 3.05) is 45.4 Å². The lowest BCUT2D eigenvalue weighted by Gasteiger charge is -2.22. The molecule has 2 N–H and O–H groups in total. The number of aliphatic hydroxyl groups excluding tert-OH is 1. The largest absolute Gasteiger partial charge is 0.395 e. The SMILES string of the molecule is CNCc1c(N(CCO)CCOC)nc2ccccn12. The van der Waals surface area contributed by atoms with Gasteiger partial charge in [0.1, 0.15) is 5.65 Å². The molecule has 0 radical (unpaired) electrons. The van der Waals surface area contributed by atoms with Gasteiger partial charge in [-0.1, -0.05) is 6.07 Å². The number of rotatable bonds is 8. The Bertz CT molecular complexity index is 541. The third-order valence-corrected chi connectivity index (χ3v) is 3.19. The third kappa shape index (κ3) is 3.09. The van der Waals surface area contributed by atoms with Crippen molar-refractivity contribution >= 4 is 11.5 Å². The van der Waals surface area contributed by atoms with Crippen molar-refractivity contribution in [1.29, 1.82) is 0 Å². The molecule has 0 bridgehead atoms. The van der Waals surface area contributed by atoms with Gasteiger partial charge in [0.05, 0.1) is 18.9 Å². The van der Waals surface area contributed by atoms with E-state index in [9.17, 15) is 5.11 Å². The van der Waals surface area contributed by atoms with E-state index in [0.717, 1.165) is 23.7 Å². The van der Waals surface area contributed by atoms with Crippen molar-refractivity contribution in [3.8, 4) is 0 Å². The van der Waals surface area contributed by atoms with Crippen LogP contribution in [0.3, 0.4) is 0 Å². The second-order valence-electron chi connectivity index (χ2n) is 4.54. The van der Waals surface area contributed by atoms with Gasteiger partial charge in [0.25, 0.3) is 0 Å². The first kappa shape index (κ1) is 14.8. The van der Waals surface area contributed by atoms with Gasteiger partial charge in [-0.2, -0.15) is 0 Å². The smallest absolute Gasteiger partial charge is 0.152 e. The summed E-state index contributed by atoms with van der Waals surface area (Å²) in [6, 6.07) is 5.94. The Kier molecular flexibility index (Phi) is 5.34. The second kappa shape index (κ2) is 7.23. The monoisotopic (exact) mass is 278 g/mol. The topological polar surface area (TPSA) is 62.0 Å². The first-order valence-corrected chi connectivity index (χ1v) is 6.77. The second-order valence-corrected chi connectivity index (χ2v) is 4.54. The highest BCUT2D eigenvalue weighted by Gasteiger charge is 2.17. The third-order valence-electron chi connectivity index (χ3n) is 3.19. The Balaban J connectivity index is 2.40. The highest BCUT2D eigenvalue weighted by atomic mass is 16.5. The van der Waals surface area contributed by atoms with Crippen LogP contribution >= 0.6 is 0 Å². The number of nitrogens with one attached hydrogen (secondary N) is 1. The summed E-state index contributed by atoms with van der Waals surface area (Å²) in [5, 5.41) is 12.4. The predicted octanol–water partition coefficient (Wildman–Crippen LogP) is 0.499. The molecule has 0 aromatic carbocycles. The Labute approximate surface area is 119 Å². The maximum Gasteiger partial charge on any atom is 0.152 e. The normalized spacial score (nSPS) is 11.2. The average molecular weight is 278 g/mol. The number of aromatic nitrogens is 2. The lowest BCUT2D eigenvalue weighted by atomic mass is 10.3. The number of ether oxygens (including phenoxy) is 1. The molecule has 0 amide bonds. The van der Waals surface area contributed by atoms with Crippen molar-refractivity contribution in [3.63, 3.8) is 0 Å². The molecular formula is C14H22N4O2. The quantitative estimate of drug-likeness (QED) is 0.736. The van der Waals surface area contributed by atoms with Crippen molar-refractivity contribution in [1.82, 2.24) is 14.7 Å². The Morgan fingerprint density at radius 1 is 1.40 bits per heavy atom. The fourth-order valence-corrected chi connectivity index (χ4v) is 2.26. The zero-order valence-corrected chi connectivity index (χ0v) is 12.0. The summed E-state index contributed by atoms with van der Waals surface area (Å²) in [4.78, 5) is 6.74. The molecule has 2 rings (SSSR count). The van der Waals surface area contributed by atoms with Crippen LogP contribution in [0.15, 0.2) is 24.4 Å². The van der Waals surface area contributed by atoms with Gasteiger partial charge in [0.15, 0.2) is 5.82 Å². The van der Waals surface area contributed by atoms with Gasteiger partial charge in [-0.15, -0.1) is 0 Å². The fraction of sp³-hybridized carbons (Fsp3) is 0.500. The van der Waals surface area contributed by atoms with E-state index in [2.05, 4.69) is 19.6 Å². The van der Waals surface area contributed by atoms with Crippen molar-refractivity contribution in [2.45, 2.75) is 6.54 Å². The Morgan fingerprint density at radius 3 is 2.95 bits per heavy atom. The minimum Gasteiger partial charge on any atom is -0.395 e. The van der Waals surface area contributed by atoms with Crippen LogP contribution in [-0.4, -0.2) is 55.0 Å². The maximum absolute atomic E-state index is 9.26. The highest BCUT2D eigenvalue weighted by Crippen LogP contribution is 2.21. The summed E-state index contributed by atoms with van der Waals surface area (Å²) in [5.41, 5.74) is 2.00. The van der Waals surface area contributed by atoms with Crippen LogP contribution < -0.4 is 10.2 Å². The molecule has 2 heterocycles. The summed E-state index contributed by atoms with van der Waals surface area (Å²) in [6.45, 7) is 2.67. The summed E-state index contributed by atoms with van der Waals surface area (Å²) < 4.78 is 7.21. The molecule has 2 aromatic rings. The minimum atomic E-state index is 0.0938. The molecule has 2 aromatic heterocycles. The van der Waals surface area contributed by atoms with E-state index in [1.807, 2.05) is 31.4 Å². The number of hydrogen-bond acceptors (Lipinski definition) is 5. The molecule has 0 saturated carbocycles. The van der Waals surface area contributed by atoms with Crippen LogP contribution in [-0.2, 0) is 11.3 Å². The molecule has 0 aliphatic carbocycles. The molecular weight excluding hydrogens is 256 g/mol. The van der Waals surface area contributed by atoms with Gasteiger partial charge in [-0.25, -0.2) is 4.98 Å². The average Bonchev–Trinajstić information content (AvgIpc) is 2.83. The highest BCUT2D eigenvalue weighted by molar-refractivity contribution is 5.56. The zero-order valence-electron chi connectivity index (χ0n) is 12.0. The molecule has 0 aliphatic rings. The van der Waals surface area contributed by atoms with Crippen LogP contribution in [0.1, 0.15) is 5.69 Å². The number of anilines is 1. The molecule has 0 atom stereocenters. The number of pyridine rings is 1. The van der Waals surface area contributed by atoms with Crippen molar-refractivity contribution in [2.24, 2.45) is 0 Å². The van der Waals surface area contributed by atoms with Crippen molar-refractivity contribution in [3.05, 3.63) is 30.1 Å². The van der Waals surface area contributed by atoms with E-state index >= 15 is 0 Å². The number of aliphatic hydroxyl groups is 1. The van der Waals surface area contributed by atoms with E-state index in [1.54, 1.807) is 7.11 Å². The number of methoxy groups -OCH3 is 1. The summed E-state index contributed by atoms with van der Waals surface area (Å²) in [6.07, 6.45) is 2.01. The first-order chi connectivity index (χ1) is 9.81. The molecule has 0 fully saturated rings. The Morgan fingerprint density at radius 2 is 2.25 bits per heavy atom. The van der Waals surface area contributed by atoms with E-state index < -0.39 is 0 Å². The van der Waals surface area contributed by atoms with Gasteiger partial charge >= 0.3 is 0 Å². The predicted molar refractivity (Wildman–Crippen MR) is 79.1 cm³/mol. The number of nitrogens with zero attached hydrogens (tertiary/aromatic N) is 3. The van der Waals surface area contributed by atoms with Crippen LogP contribution in [0.5, 0.6) is 0 Å². The minimum absolute atomic E-state index is 0.0938. The van der Waals surface area contributed by atoms with Gasteiger partial charge in [0, 0.05) is 32.9 Å². The van der Waals surface area contributed by atoms with Gasteiger partial charge < -0.3 is 24.5 Å². The van der Waals surface area contributed by atoms with Crippen molar-refractivity contribution < 1.29 is 9.84 Å². The number of hydrogen-bond donors (Lipinski definition) is 2. The van der Waals surface area contributed by atoms with Crippen LogP contribution in [0, 0.1) is 0 Å². The van der Waals surface area contributed by atoms with Gasteiger partial charge in [-0.05, 0) is 19.2 Å². The summed E-state index contributed by atoms with van der Waals surface area (Å²) >= 11 is 0. The molecule has 6 nitrogen and oxygen atoms in total. The van der Waals surface area contributed by atoms with Crippen LogP contribution in [0.25, 0.3) is 5.65 Å². The zero-order chi connectivity index (χ0) is 14.4. The fourth-order valence-electron chi connectivity index (χ4n) is 2.26. The van der Waals surface area contributed by atoms with Gasteiger partial charge in [0.2, 0.25) is 0 Å². The number of imidazole rings is 1. The van der Waals surface area contributed by atoms with E-state index in [0.29, 0.717) is 19.7 Å². The number of fused-ring (bicyclic) bond motifs is 1. The van der Waals surface area contributed by atoms with E-state index in [-0.39, 0.29) is 6.61 Å². The van der Waals surface area contributed by atoms with Gasteiger partial charge in [-0.3, -0.25) is 0 Å². The molecule has 0 spiro atoms. The summed E-state index contributed by atoms with van der Waals surface area (Å²) in [7, 11) is 3.59. The lowest BCUT2D eigenvalue weighted by molar-refractivity contribution is 0.202. The van der Waals surface area contributed by atoms with Crippen LogP contribution in [0.2, 0.25) is 0 Å². The molecule has 6 heteroatoms. The molecule has 20 heavy (non-hydrogen) atoms. The maximum atomic E-state index is 9.26. The standard InChI is InChI=1S/C14H22N4O2/c1-15-11-12-14(17(7-9-19)8-10-20-2)16-13-5-3-4-6-18(12)13/h3-6,15,19H,7-11H2,1-2H3. The molecule has 0 unspecified atom stereocenters.